The predicted molar refractivity (Wildman–Crippen MR) is 65.8 cm³/mol. The minimum absolute atomic E-state index is 0.0525. The molecular formula is C12H12ClN3O. The van der Waals surface area contributed by atoms with E-state index in [-0.39, 0.29) is 11.9 Å². The van der Waals surface area contributed by atoms with Crippen LogP contribution in [0.2, 0.25) is 5.02 Å². The van der Waals surface area contributed by atoms with Gasteiger partial charge in [-0.05, 0) is 37.6 Å². The molecule has 1 aliphatic rings. The molecule has 1 amide bonds. The summed E-state index contributed by atoms with van der Waals surface area (Å²) in [7, 11) is 0. The van der Waals surface area contributed by atoms with Crippen molar-refractivity contribution >= 4 is 23.2 Å². The van der Waals surface area contributed by atoms with E-state index in [1.807, 2.05) is 6.07 Å². The van der Waals surface area contributed by atoms with Gasteiger partial charge in [-0.3, -0.25) is 4.79 Å². The highest BCUT2D eigenvalue weighted by molar-refractivity contribution is 6.32. The van der Waals surface area contributed by atoms with E-state index < -0.39 is 0 Å². The number of hydrogen-bond acceptors (Lipinski definition) is 3. The fourth-order valence-electron chi connectivity index (χ4n) is 1.82. The normalized spacial score (nSPS) is 18.7. The van der Waals surface area contributed by atoms with E-state index in [9.17, 15) is 4.79 Å². The fourth-order valence-corrected chi connectivity index (χ4v) is 2.04. The summed E-state index contributed by atoms with van der Waals surface area (Å²) in [4.78, 5) is 11.8. The summed E-state index contributed by atoms with van der Waals surface area (Å²) < 4.78 is 0. The highest BCUT2D eigenvalue weighted by Gasteiger charge is 2.21. The molecule has 1 aromatic carbocycles. The molecule has 2 N–H and O–H groups in total. The number of carbonyl (C=O) groups is 1. The molecule has 1 aliphatic heterocycles. The first-order valence-electron chi connectivity index (χ1n) is 5.44. The molecule has 5 heteroatoms. The molecule has 1 fully saturated rings. The Labute approximate surface area is 105 Å². The Morgan fingerprint density at radius 1 is 1.59 bits per heavy atom. The third kappa shape index (κ3) is 2.76. The quantitative estimate of drug-likeness (QED) is 0.841. The number of amides is 1. The number of rotatable bonds is 2. The number of hydrogen-bond donors (Lipinski definition) is 2. The van der Waals surface area contributed by atoms with Crippen LogP contribution in [0.3, 0.4) is 0 Å². The minimum atomic E-state index is -0.121. The van der Waals surface area contributed by atoms with Gasteiger partial charge in [0.2, 0.25) is 5.91 Å². The van der Waals surface area contributed by atoms with Gasteiger partial charge in [-0.1, -0.05) is 11.6 Å². The summed E-state index contributed by atoms with van der Waals surface area (Å²) in [5, 5.41) is 15.0. The van der Waals surface area contributed by atoms with E-state index in [4.69, 9.17) is 16.9 Å². The summed E-state index contributed by atoms with van der Waals surface area (Å²) >= 11 is 5.88. The molecule has 1 atom stereocenters. The van der Waals surface area contributed by atoms with Crippen LogP contribution < -0.4 is 10.6 Å². The van der Waals surface area contributed by atoms with E-state index >= 15 is 0 Å². The highest BCUT2D eigenvalue weighted by atomic mass is 35.5. The molecule has 0 spiro atoms. The molecule has 1 aromatic rings. The van der Waals surface area contributed by atoms with Crippen molar-refractivity contribution in [1.82, 2.24) is 5.32 Å². The van der Waals surface area contributed by atoms with Crippen LogP contribution in [0.15, 0.2) is 18.2 Å². The number of carbonyl (C=O) groups excluding carboxylic acids is 1. The lowest BCUT2D eigenvalue weighted by Crippen LogP contribution is -2.35. The topological polar surface area (TPSA) is 64.9 Å². The third-order valence-corrected chi connectivity index (χ3v) is 3.05. The maximum absolute atomic E-state index is 11.8. The SMILES string of the molecule is N#Cc1ccc(NC(=O)C2CCCN2)cc1Cl. The van der Waals surface area contributed by atoms with Gasteiger partial charge in [-0.2, -0.15) is 5.26 Å². The lowest BCUT2D eigenvalue weighted by atomic mass is 10.2. The second kappa shape index (κ2) is 5.17. The second-order valence-corrected chi connectivity index (χ2v) is 4.35. The summed E-state index contributed by atoms with van der Waals surface area (Å²) in [5.41, 5.74) is 1.02. The zero-order chi connectivity index (χ0) is 12.3. The minimum Gasteiger partial charge on any atom is -0.325 e. The van der Waals surface area contributed by atoms with Crippen LogP contribution in [0.25, 0.3) is 0 Å². The first-order valence-corrected chi connectivity index (χ1v) is 5.82. The highest BCUT2D eigenvalue weighted by Crippen LogP contribution is 2.20. The van der Waals surface area contributed by atoms with Crippen molar-refractivity contribution < 1.29 is 4.79 Å². The monoisotopic (exact) mass is 249 g/mol. The molecule has 1 unspecified atom stereocenters. The van der Waals surface area contributed by atoms with E-state index in [1.54, 1.807) is 18.2 Å². The zero-order valence-electron chi connectivity index (χ0n) is 9.16. The summed E-state index contributed by atoms with van der Waals surface area (Å²) in [6.45, 7) is 0.881. The molecule has 1 heterocycles. The number of nitrogens with zero attached hydrogens (tertiary/aromatic N) is 1. The maximum atomic E-state index is 11.8. The van der Waals surface area contributed by atoms with Crippen molar-refractivity contribution in [1.29, 1.82) is 5.26 Å². The summed E-state index contributed by atoms with van der Waals surface area (Å²) in [5.74, 6) is -0.0525. The molecule has 88 valence electrons. The zero-order valence-corrected chi connectivity index (χ0v) is 9.92. The molecule has 0 aromatic heterocycles. The van der Waals surface area contributed by atoms with Gasteiger partial charge < -0.3 is 10.6 Å². The van der Waals surface area contributed by atoms with Crippen molar-refractivity contribution in [3.8, 4) is 6.07 Å². The van der Waals surface area contributed by atoms with Gasteiger partial charge >= 0.3 is 0 Å². The fraction of sp³-hybridized carbons (Fsp3) is 0.333. The molecule has 2 rings (SSSR count). The van der Waals surface area contributed by atoms with Gasteiger partial charge in [0.05, 0.1) is 16.6 Å². The Morgan fingerprint density at radius 2 is 2.41 bits per heavy atom. The number of nitrogens with one attached hydrogen (secondary N) is 2. The lowest BCUT2D eigenvalue weighted by molar-refractivity contribution is -0.117. The Morgan fingerprint density at radius 3 is 3.00 bits per heavy atom. The molecule has 1 saturated heterocycles. The number of halogens is 1. The predicted octanol–water partition coefficient (Wildman–Crippen LogP) is 1.90. The maximum Gasteiger partial charge on any atom is 0.241 e. The van der Waals surface area contributed by atoms with Gasteiger partial charge in [0.15, 0.2) is 0 Å². The van der Waals surface area contributed by atoms with Gasteiger partial charge in [-0.25, -0.2) is 0 Å². The van der Waals surface area contributed by atoms with Crippen LogP contribution in [-0.2, 0) is 4.79 Å². The first-order chi connectivity index (χ1) is 8.20. The summed E-state index contributed by atoms with van der Waals surface area (Å²) in [6, 6.07) is 6.72. The Bertz CT molecular complexity index is 475. The molecular weight excluding hydrogens is 238 g/mol. The molecule has 0 radical (unpaired) electrons. The Balaban J connectivity index is 2.06. The van der Waals surface area contributed by atoms with Crippen molar-refractivity contribution in [3.63, 3.8) is 0 Å². The van der Waals surface area contributed by atoms with Crippen LogP contribution in [-0.4, -0.2) is 18.5 Å². The Hall–Kier alpha value is -1.57. The van der Waals surface area contributed by atoms with Gasteiger partial charge in [0, 0.05) is 5.69 Å². The lowest BCUT2D eigenvalue weighted by Gasteiger charge is -2.11. The molecule has 4 nitrogen and oxygen atoms in total. The van der Waals surface area contributed by atoms with Crippen molar-refractivity contribution in [2.75, 3.05) is 11.9 Å². The Kier molecular flexibility index (Phi) is 3.62. The van der Waals surface area contributed by atoms with Crippen molar-refractivity contribution in [2.24, 2.45) is 0 Å². The van der Waals surface area contributed by atoms with Gasteiger partial charge in [0.1, 0.15) is 6.07 Å². The van der Waals surface area contributed by atoms with Crippen LogP contribution in [0.4, 0.5) is 5.69 Å². The van der Waals surface area contributed by atoms with E-state index in [0.29, 0.717) is 16.3 Å². The smallest absolute Gasteiger partial charge is 0.241 e. The van der Waals surface area contributed by atoms with Crippen LogP contribution in [0, 0.1) is 11.3 Å². The standard InChI is InChI=1S/C12H12ClN3O/c13-10-6-9(4-3-8(10)7-14)16-12(17)11-2-1-5-15-11/h3-4,6,11,15H,1-2,5H2,(H,16,17). The van der Waals surface area contributed by atoms with Crippen LogP contribution in [0.5, 0.6) is 0 Å². The van der Waals surface area contributed by atoms with Gasteiger partial charge in [-0.15, -0.1) is 0 Å². The van der Waals surface area contributed by atoms with Crippen molar-refractivity contribution in [3.05, 3.63) is 28.8 Å². The average molecular weight is 250 g/mol. The number of nitriles is 1. The molecule has 0 saturated carbocycles. The number of benzene rings is 1. The van der Waals surface area contributed by atoms with Crippen LogP contribution in [0.1, 0.15) is 18.4 Å². The van der Waals surface area contributed by atoms with E-state index in [0.717, 1.165) is 19.4 Å². The van der Waals surface area contributed by atoms with E-state index in [1.165, 1.54) is 0 Å². The molecule has 0 bridgehead atoms. The largest absolute Gasteiger partial charge is 0.325 e. The van der Waals surface area contributed by atoms with Crippen molar-refractivity contribution in [2.45, 2.75) is 18.9 Å². The third-order valence-electron chi connectivity index (χ3n) is 2.73. The van der Waals surface area contributed by atoms with Gasteiger partial charge in [0.25, 0.3) is 0 Å². The summed E-state index contributed by atoms with van der Waals surface area (Å²) in [6.07, 6.45) is 1.88. The average Bonchev–Trinajstić information content (AvgIpc) is 2.82. The number of anilines is 1. The molecule has 0 aliphatic carbocycles. The molecule has 17 heavy (non-hydrogen) atoms. The first kappa shape index (κ1) is 11.9. The second-order valence-electron chi connectivity index (χ2n) is 3.94. The van der Waals surface area contributed by atoms with Crippen LogP contribution >= 0.6 is 11.6 Å². The van der Waals surface area contributed by atoms with E-state index in [2.05, 4.69) is 10.6 Å².